The minimum atomic E-state index is -1.15. The Morgan fingerprint density at radius 1 is 0.839 bits per heavy atom. The number of carbonyl (C=O) groups is 4. The molecule has 31 heavy (non-hydrogen) atoms. The predicted octanol–water partition coefficient (Wildman–Crippen LogP) is 3.73. The van der Waals surface area contributed by atoms with E-state index in [1.807, 2.05) is 0 Å². The molecular formula is C22H23N3O5S. The van der Waals surface area contributed by atoms with Crippen molar-refractivity contribution < 1.29 is 24.3 Å². The monoisotopic (exact) mass is 441 g/mol. The molecule has 0 radical (unpaired) electrons. The summed E-state index contributed by atoms with van der Waals surface area (Å²) in [4.78, 5) is 46.9. The van der Waals surface area contributed by atoms with E-state index >= 15 is 0 Å². The van der Waals surface area contributed by atoms with Gasteiger partial charge in [0, 0.05) is 40.5 Å². The maximum absolute atomic E-state index is 12.4. The van der Waals surface area contributed by atoms with Gasteiger partial charge in [0.15, 0.2) is 0 Å². The molecule has 0 spiro atoms. The Labute approximate surface area is 184 Å². The fraction of sp³-hybridized carbons (Fsp3) is 0.182. The molecule has 0 unspecified atom stereocenters. The van der Waals surface area contributed by atoms with Gasteiger partial charge in [0.25, 0.3) is 0 Å². The van der Waals surface area contributed by atoms with Crippen molar-refractivity contribution in [3.8, 4) is 0 Å². The fourth-order valence-corrected chi connectivity index (χ4v) is 3.26. The molecule has 8 nitrogen and oxygen atoms in total. The highest BCUT2D eigenvalue weighted by atomic mass is 32.2. The maximum atomic E-state index is 12.4. The molecule has 0 saturated carbocycles. The van der Waals surface area contributed by atoms with Crippen LogP contribution in [0.25, 0.3) is 0 Å². The van der Waals surface area contributed by atoms with Gasteiger partial charge in [-0.25, -0.2) is 4.79 Å². The van der Waals surface area contributed by atoms with Crippen molar-refractivity contribution in [2.45, 2.75) is 30.9 Å². The minimum absolute atomic E-state index is 0.0609. The van der Waals surface area contributed by atoms with E-state index in [4.69, 9.17) is 5.11 Å². The molecule has 0 bridgehead atoms. The Bertz CT molecular complexity index is 1000. The van der Waals surface area contributed by atoms with E-state index in [-0.39, 0.29) is 22.6 Å². The zero-order valence-corrected chi connectivity index (χ0v) is 18.1. The van der Waals surface area contributed by atoms with Gasteiger partial charge in [0.2, 0.25) is 17.7 Å². The molecule has 0 aromatic heterocycles. The third-order valence-corrected chi connectivity index (χ3v) is 5.07. The van der Waals surface area contributed by atoms with Crippen LogP contribution >= 0.6 is 11.8 Å². The highest BCUT2D eigenvalue weighted by Gasteiger charge is 2.15. The van der Waals surface area contributed by atoms with E-state index in [0.717, 1.165) is 11.0 Å². The summed E-state index contributed by atoms with van der Waals surface area (Å²) in [5.41, 5.74) is 1.72. The SMILES string of the molecule is CC(=O)Nc1ccc(NC(=O)[C@@H](C)Sc2ccc(NC(=O)/C=C(/C)C(=O)O)cc2)cc1. The van der Waals surface area contributed by atoms with Gasteiger partial charge in [0.05, 0.1) is 5.25 Å². The van der Waals surface area contributed by atoms with Crippen LogP contribution in [0.5, 0.6) is 0 Å². The number of nitrogens with one attached hydrogen (secondary N) is 3. The highest BCUT2D eigenvalue weighted by Crippen LogP contribution is 2.26. The second-order valence-electron chi connectivity index (χ2n) is 6.65. The maximum Gasteiger partial charge on any atom is 0.331 e. The number of hydrogen-bond acceptors (Lipinski definition) is 5. The van der Waals surface area contributed by atoms with Gasteiger partial charge in [-0.3, -0.25) is 14.4 Å². The van der Waals surface area contributed by atoms with Crippen molar-refractivity contribution in [1.29, 1.82) is 0 Å². The van der Waals surface area contributed by atoms with Gasteiger partial charge in [0.1, 0.15) is 0 Å². The molecule has 2 aromatic carbocycles. The van der Waals surface area contributed by atoms with Crippen LogP contribution in [0.1, 0.15) is 20.8 Å². The zero-order valence-electron chi connectivity index (χ0n) is 17.3. The van der Waals surface area contributed by atoms with Gasteiger partial charge in [-0.05, 0) is 62.4 Å². The first-order valence-corrected chi connectivity index (χ1v) is 10.2. The van der Waals surface area contributed by atoms with E-state index in [0.29, 0.717) is 17.1 Å². The predicted molar refractivity (Wildman–Crippen MR) is 121 cm³/mol. The Balaban J connectivity index is 1.90. The molecule has 0 fully saturated rings. The Hall–Kier alpha value is -3.59. The molecule has 3 amide bonds. The molecule has 0 aliphatic carbocycles. The van der Waals surface area contributed by atoms with Crippen LogP contribution in [0.15, 0.2) is 65.1 Å². The van der Waals surface area contributed by atoms with E-state index < -0.39 is 11.9 Å². The third-order valence-electron chi connectivity index (χ3n) is 3.96. The van der Waals surface area contributed by atoms with Gasteiger partial charge < -0.3 is 21.1 Å². The summed E-state index contributed by atoms with van der Waals surface area (Å²) < 4.78 is 0. The second-order valence-corrected chi connectivity index (χ2v) is 8.07. The molecule has 4 N–H and O–H groups in total. The number of carboxylic acid groups (broad SMARTS) is 1. The molecular weight excluding hydrogens is 418 g/mol. The standard InChI is InChI=1S/C22H23N3O5S/c1-13(22(29)30)12-20(27)24-17-8-10-19(11-9-17)31-14(2)21(28)25-18-6-4-16(5-7-18)23-15(3)26/h4-12,14H,1-3H3,(H,23,26)(H,24,27)(H,25,28)(H,29,30)/b13-12-/t14-/m1/s1. The molecule has 2 aromatic rings. The number of carboxylic acids is 1. The number of benzene rings is 2. The molecule has 1 atom stereocenters. The summed E-state index contributed by atoms with van der Waals surface area (Å²) in [5.74, 6) is -2.03. The van der Waals surface area contributed by atoms with Gasteiger partial charge >= 0.3 is 5.97 Å². The molecule has 0 aliphatic heterocycles. The van der Waals surface area contributed by atoms with Crippen molar-refractivity contribution >= 4 is 52.5 Å². The Morgan fingerprint density at radius 3 is 1.84 bits per heavy atom. The Morgan fingerprint density at radius 2 is 1.32 bits per heavy atom. The van der Waals surface area contributed by atoms with Crippen molar-refractivity contribution in [3.05, 3.63) is 60.2 Å². The minimum Gasteiger partial charge on any atom is -0.478 e. The molecule has 0 aliphatic rings. The van der Waals surface area contributed by atoms with Crippen LogP contribution in [0, 0.1) is 0 Å². The number of hydrogen-bond donors (Lipinski definition) is 4. The summed E-state index contributed by atoms with van der Waals surface area (Å²) in [7, 11) is 0. The van der Waals surface area contributed by atoms with Crippen LogP contribution in [-0.4, -0.2) is 34.0 Å². The van der Waals surface area contributed by atoms with Gasteiger partial charge in [-0.15, -0.1) is 11.8 Å². The number of rotatable bonds is 8. The molecule has 162 valence electrons. The Kier molecular flexibility index (Phi) is 8.39. The average Bonchev–Trinajstić information content (AvgIpc) is 2.70. The van der Waals surface area contributed by atoms with E-state index in [9.17, 15) is 19.2 Å². The highest BCUT2D eigenvalue weighted by molar-refractivity contribution is 8.00. The summed E-state index contributed by atoms with van der Waals surface area (Å²) in [6.45, 7) is 4.54. The topological polar surface area (TPSA) is 125 Å². The molecule has 9 heteroatoms. The van der Waals surface area contributed by atoms with Crippen molar-refractivity contribution in [2.75, 3.05) is 16.0 Å². The van der Waals surface area contributed by atoms with E-state index in [2.05, 4.69) is 16.0 Å². The van der Waals surface area contributed by atoms with Crippen LogP contribution < -0.4 is 16.0 Å². The quantitative estimate of drug-likeness (QED) is 0.365. The summed E-state index contributed by atoms with van der Waals surface area (Å²) in [5, 5.41) is 16.5. The first-order chi connectivity index (χ1) is 14.6. The van der Waals surface area contributed by atoms with Crippen molar-refractivity contribution in [2.24, 2.45) is 0 Å². The zero-order chi connectivity index (χ0) is 23.0. The largest absolute Gasteiger partial charge is 0.478 e. The number of anilines is 3. The van der Waals surface area contributed by atoms with E-state index in [1.165, 1.54) is 25.6 Å². The van der Waals surface area contributed by atoms with Gasteiger partial charge in [-0.1, -0.05) is 0 Å². The number of amides is 3. The summed E-state index contributed by atoms with van der Waals surface area (Å²) in [6.07, 6.45) is 1.01. The molecule has 0 saturated heterocycles. The normalized spacial score (nSPS) is 11.9. The molecule has 2 rings (SSSR count). The number of thioether (sulfide) groups is 1. The lowest BCUT2D eigenvalue weighted by Crippen LogP contribution is -2.22. The van der Waals surface area contributed by atoms with Crippen molar-refractivity contribution in [3.63, 3.8) is 0 Å². The lowest BCUT2D eigenvalue weighted by Gasteiger charge is -2.13. The van der Waals surface area contributed by atoms with Crippen LogP contribution in [0.3, 0.4) is 0 Å². The van der Waals surface area contributed by atoms with Crippen LogP contribution in [-0.2, 0) is 19.2 Å². The number of aliphatic carboxylic acids is 1. The number of carbonyl (C=O) groups excluding carboxylic acids is 3. The summed E-state index contributed by atoms with van der Waals surface area (Å²) >= 11 is 1.35. The average molecular weight is 442 g/mol. The lowest BCUT2D eigenvalue weighted by atomic mass is 10.2. The van der Waals surface area contributed by atoms with E-state index in [1.54, 1.807) is 55.5 Å². The van der Waals surface area contributed by atoms with Crippen molar-refractivity contribution in [1.82, 2.24) is 0 Å². The van der Waals surface area contributed by atoms with Crippen LogP contribution in [0.2, 0.25) is 0 Å². The smallest absolute Gasteiger partial charge is 0.331 e. The lowest BCUT2D eigenvalue weighted by molar-refractivity contribution is -0.132. The second kappa shape index (κ2) is 11.0. The summed E-state index contributed by atoms with van der Waals surface area (Å²) in [6, 6.07) is 13.7. The van der Waals surface area contributed by atoms with Crippen LogP contribution in [0.4, 0.5) is 17.1 Å². The fourth-order valence-electron chi connectivity index (χ4n) is 2.40. The first kappa shape index (κ1) is 23.7. The molecule has 0 heterocycles. The third kappa shape index (κ3) is 7.98. The van der Waals surface area contributed by atoms with Gasteiger partial charge in [-0.2, -0.15) is 0 Å². The first-order valence-electron chi connectivity index (χ1n) is 9.32.